The first-order valence-electron chi connectivity index (χ1n) is 12.0. The van der Waals surface area contributed by atoms with Crippen molar-refractivity contribution >= 4 is 27.3 Å². The average molecular weight is 551 g/mol. The van der Waals surface area contributed by atoms with E-state index in [0.717, 1.165) is 25.0 Å². The molecule has 0 unspecified atom stereocenters. The summed E-state index contributed by atoms with van der Waals surface area (Å²) in [6.07, 6.45) is -2.95. The van der Waals surface area contributed by atoms with Crippen LogP contribution < -0.4 is 19.1 Å². The first kappa shape index (κ1) is 28.8. The molecule has 3 aromatic carbocycles. The normalized spacial score (nSPS) is 11.6. The number of rotatable bonds is 12. The van der Waals surface area contributed by atoms with Crippen molar-refractivity contribution in [2.24, 2.45) is 0 Å². The smallest absolute Gasteiger partial charge is 0.416 e. The molecule has 0 saturated heterocycles. The summed E-state index contributed by atoms with van der Waals surface area (Å²) in [6.45, 7) is 4.00. The predicted molar refractivity (Wildman–Crippen MR) is 139 cm³/mol. The van der Waals surface area contributed by atoms with Crippen LogP contribution in [0.4, 0.5) is 24.5 Å². The molecule has 0 aliphatic heterocycles. The maximum Gasteiger partial charge on any atom is 0.416 e. The van der Waals surface area contributed by atoms with Gasteiger partial charge in [-0.1, -0.05) is 19.4 Å². The van der Waals surface area contributed by atoms with Crippen molar-refractivity contribution in [3.8, 4) is 11.5 Å². The van der Waals surface area contributed by atoms with E-state index in [1.807, 2.05) is 13.8 Å². The van der Waals surface area contributed by atoms with Crippen molar-refractivity contribution in [2.75, 3.05) is 29.4 Å². The molecule has 0 bridgehead atoms. The number of unbranched alkanes of at least 4 members (excludes halogenated alkanes) is 1. The van der Waals surface area contributed by atoms with Gasteiger partial charge in [0, 0.05) is 5.69 Å². The van der Waals surface area contributed by atoms with Gasteiger partial charge >= 0.3 is 6.18 Å². The van der Waals surface area contributed by atoms with Crippen molar-refractivity contribution in [1.82, 2.24) is 0 Å². The Morgan fingerprint density at radius 1 is 0.921 bits per heavy atom. The molecule has 0 aliphatic carbocycles. The topological polar surface area (TPSA) is 84.9 Å². The number of hydrogen-bond acceptors (Lipinski definition) is 5. The maximum atomic E-state index is 13.6. The highest BCUT2D eigenvalue weighted by atomic mass is 32.2. The van der Waals surface area contributed by atoms with Gasteiger partial charge in [0.2, 0.25) is 5.91 Å². The monoisotopic (exact) mass is 550 g/mol. The molecule has 38 heavy (non-hydrogen) atoms. The van der Waals surface area contributed by atoms with Gasteiger partial charge in [0.05, 0.1) is 29.4 Å². The Labute approximate surface area is 220 Å². The van der Waals surface area contributed by atoms with Crippen molar-refractivity contribution in [1.29, 1.82) is 0 Å². The van der Waals surface area contributed by atoms with Gasteiger partial charge in [-0.2, -0.15) is 13.2 Å². The van der Waals surface area contributed by atoms with Gasteiger partial charge in [-0.25, -0.2) is 8.42 Å². The Balaban J connectivity index is 1.91. The van der Waals surface area contributed by atoms with Gasteiger partial charge in [-0.15, -0.1) is 0 Å². The Morgan fingerprint density at radius 2 is 1.55 bits per heavy atom. The van der Waals surface area contributed by atoms with Gasteiger partial charge in [-0.3, -0.25) is 9.10 Å². The Hall–Kier alpha value is -3.73. The van der Waals surface area contributed by atoms with Gasteiger partial charge in [0.25, 0.3) is 10.0 Å². The van der Waals surface area contributed by atoms with E-state index >= 15 is 0 Å². The summed E-state index contributed by atoms with van der Waals surface area (Å²) in [4.78, 5) is 12.7. The Morgan fingerprint density at radius 3 is 2.16 bits per heavy atom. The van der Waals surface area contributed by atoms with Crippen LogP contribution in [-0.4, -0.2) is 34.1 Å². The first-order chi connectivity index (χ1) is 18.0. The van der Waals surface area contributed by atoms with E-state index in [9.17, 15) is 26.4 Å². The fourth-order valence-electron chi connectivity index (χ4n) is 3.45. The number of benzene rings is 3. The second-order valence-corrected chi connectivity index (χ2v) is 10.1. The molecule has 0 atom stereocenters. The summed E-state index contributed by atoms with van der Waals surface area (Å²) < 4.78 is 78.9. The van der Waals surface area contributed by atoms with E-state index in [1.54, 1.807) is 24.3 Å². The second kappa shape index (κ2) is 12.7. The molecule has 0 heterocycles. The third kappa shape index (κ3) is 7.64. The zero-order valence-corrected chi connectivity index (χ0v) is 21.8. The highest BCUT2D eigenvalue weighted by Crippen LogP contribution is 2.33. The fraction of sp³-hybridized carbons (Fsp3) is 0.296. The molecular weight excluding hydrogens is 521 g/mol. The van der Waals surface area contributed by atoms with E-state index in [2.05, 4.69) is 5.32 Å². The molecule has 0 saturated carbocycles. The number of alkyl halides is 3. The minimum Gasteiger partial charge on any atom is -0.494 e. The van der Waals surface area contributed by atoms with E-state index in [4.69, 9.17) is 9.47 Å². The summed E-state index contributed by atoms with van der Waals surface area (Å²) in [7, 11) is -4.43. The summed E-state index contributed by atoms with van der Waals surface area (Å²) in [6, 6.07) is 15.8. The molecule has 11 heteroatoms. The maximum absolute atomic E-state index is 13.6. The van der Waals surface area contributed by atoms with Gasteiger partial charge in [0.1, 0.15) is 18.0 Å². The molecule has 3 rings (SSSR count). The number of sulfonamides is 1. The summed E-state index contributed by atoms with van der Waals surface area (Å²) in [5.74, 6) is 0.298. The summed E-state index contributed by atoms with van der Waals surface area (Å²) in [5.41, 5.74) is -0.972. The first-order valence-corrected chi connectivity index (χ1v) is 13.4. The van der Waals surface area contributed by atoms with Crippen LogP contribution in [-0.2, 0) is 21.0 Å². The molecule has 1 amide bonds. The van der Waals surface area contributed by atoms with Gasteiger partial charge in [-0.05, 0) is 80.1 Å². The summed E-state index contributed by atoms with van der Waals surface area (Å²) in [5, 5.41) is 2.57. The van der Waals surface area contributed by atoms with Crippen LogP contribution in [0, 0.1) is 0 Å². The van der Waals surface area contributed by atoms with Crippen LogP contribution in [0.1, 0.15) is 32.3 Å². The molecule has 1 N–H and O–H groups in total. The van der Waals surface area contributed by atoms with Crippen LogP contribution in [0.2, 0.25) is 0 Å². The van der Waals surface area contributed by atoms with Gasteiger partial charge < -0.3 is 14.8 Å². The molecule has 0 spiro atoms. The number of halogens is 3. The van der Waals surface area contributed by atoms with Crippen molar-refractivity contribution in [3.05, 3.63) is 78.4 Å². The summed E-state index contributed by atoms with van der Waals surface area (Å²) >= 11 is 0. The average Bonchev–Trinajstić information content (AvgIpc) is 2.88. The van der Waals surface area contributed by atoms with Crippen LogP contribution in [0.25, 0.3) is 0 Å². The van der Waals surface area contributed by atoms with E-state index in [1.165, 1.54) is 30.3 Å². The molecular formula is C27H29F3N2O5S. The number of ether oxygens (including phenoxy) is 2. The Kier molecular flexibility index (Phi) is 9.62. The lowest BCUT2D eigenvalue weighted by atomic mass is 10.2. The van der Waals surface area contributed by atoms with Crippen molar-refractivity contribution in [3.63, 3.8) is 0 Å². The largest absolute Gasteiger partial charge is 0.494 e. The third-order valence-electron chi connectivity index (χ3n) is 5.38. The molecule has 0 radical (unpaired) electrons. The van der Waals surface area contributed by atoms with Crippen LogP contribution >= 0.6 is 0 Å². The minimum absolute atomic E-state index is 0.202. The van der Waals surface area contributed by atoms with Gasteiger partial charge in [0.15, 0.2) is 0 Å². The third-order valence-corrected chi connectivity index (χ3v) is 7.16. The number of nitrogens with one attached hydrogen (secondary N) is 1. The van der Waals surface area contributed by atoms with E-state index in [0.29, 0.717) is 40.8 Å². The number of amides is 1. The highest BCUT2D eigenvalue weighted by molar-refractivity contribution is 7.92. The number of hydrogen-bond donors (Lipinski definition) is 1. The zero-order valence-electron chi connectivity index (χ0n) is 21.0. The lowest BCUT2D eigenvalue weighted by Gasteiger charge is -2.25. The molecule has 3 aromatic rings. The van der Waals surface area contributed by atoms with Crippen molar-refractivity contribution in [2.45, 2.75) is 37.8 Å². The van der Waals surface area contributed by atoms with Crippen LogP contribution in [0.5, 0.6) is 11.5 Å². The molecule has 7 nitrogen and oxygen atoms in total. The number of nitrogens with zero attached hydrogens (tertiary/aromatic N) is 1. The molecule has 0 aliphatic rings. The predicted octanol–water partition coefficient (Wildman–Crippen LogP) is 6.12. The fourth-order valence-corrected chi connectivity index (χ4v) is 4.87. The van der Waals surface area contributed by atoms with Crippen LogP contribution in [0.15, 0.2) is 77.7 Å². The van der Waals surface area contributed by atoms with Crippen molar-refractivity contribution < 1.29 is 35.9 Å². The highest BCUT2D eigenvalue weighted by Gasteiger charge is 2.33. The second-order valence-electron chi connectivity index (χ2n) is 8.24. The quantitative estimate of drug-likeness (QED) is 0.275. The number of anilines is 2. The lowest BCUT2D eigenvalue weighted by molar-refractivity contribution is -0.137. The number of carbonyl (C=O) groups excluding carboxylic acids is 1. The van der Waals surface area contributed by atoms with E-state index in [-0.39, 0.29) is 10.6 Å². The van der Waals surface area contributed by atoms with Crippen LogP contribution in [0.3, 0.4) is 0 Å². The standard InChI is InChI=1S/C27H29F3N2O5S/c1-3-5-17-37-24-13-15-25(16-14-24)38(34,35)32(22-8-6-7-20(18-22)27(28,29)30)19-26(33)31-21-9-11-23(12-10-21)36-4-2/h6-16,18H,3-5,17,19H2,1-2H3,(H,31,33). The zero-order chi connectivity index (χ0) is 27.8. The lowest BCUT2D eigenvalue weighted by Crippen LogP contribution is -2.38. The number of carbonyl (C=O) groups is 1. The Bertz CT molecular complexity index is 1310. The molecule has 0 aromatic heterocycles. The minimum atomic E-state index is -4.70. The molecule has 204 valence electrons. The molecule has 0 fully saturated rings. The SMILES string of the molecule is CCCCOc1ccc(S(=O)(=O)N(CC(=O)Nc2ccc(OCC)cc2)c2cccc(C(F)(F)F)c2)cc1. The van der Waals surface area contributed by atoms with E-state index < -0.39 is 34.2 Å².